The number of halogens is 1. The van der Waals surface area contributed by atoms with E-state index in [1.54, 1.807) is 44.2 Å². The minimum Gasteiger partial charge on any atom is -0.360 e. The molecule has 2 N–H and O–H groups in total. The van der Waals surface area contributed by atoms with Crippen molar-refractivity contribution in [3.05, 3.63) is 41.1 Å². The average Bonchev–Trinajstić information content (AvgIpc) is 2.92. The van der Waals surface area contributed by atoms with Crippen LogP contribution >= 0.6 is 23.4 Å². The molecule has 0 radical (unpaired) electrons. The Labute approximate surface area is 142 Å². The molecule has 6 nitrogen and oxygen atoms in total. The third kappa shape index (κ3) is 5.61. The molecule has 122 valence electrons. The molecule has 0 spiro atoms. The third-order valence-corrected chi connectivity index (χ3v) is 4.24. The summed E-state index contributed by atoms with van der Waals surface area (Å²) in [6.45, 7) is 3.46. The van der Waals surface area contributed by atoms with Crippen LogP contribution in [0, 0.1) is 6.92 Å². The Balaban J connectivity index is 1.76. The molecule has 1 heterocycles. The van der Waals surface area contributed by atoms with Crippen LogP contribution in [-0.2, 0) is 9.59 Å². The third-order valence-electron chi connectivity index (χ3n) is 2.84. The Morgan fingerprint density at radius 3 is 2.61 bits per heavy atom. The van der Waals surface area contributed by atoms with Gasteiger partial charge in [0.15, 0.2) is 5.82 Å². The molecule has 1 aromatic heterocycles. The number of thioether (sulfide) groups is 1. The highest BCUT2D eigenvalue weighted by Crippen LogP contribution is 2.16. The number of benzene rings is 1. The van der Waals surface area contributed by atoms with Gasteiger partial charge in [0.1, 0.15) is 5.76 Å². The monoisotopic (exact) mass is 353 g/mol. The molecule has 0 bridgehead atoms. The Kier molecular flexibility index (Phi) is 6.06. The minimum atomic E-state index is -0.400. The number of hydrogen-bond donors (Lipinski definition) is 2. The summed E-state index contributed by atoms with van der Waals surface area (Å²) in [5, 5.41) is 9.26. The lowest BCUT2D eigenvalue weighted by Crippen LogP contribution is -2.25. The van der Waals surface area contributed by atoms with E-state index in [1.165, 1.54) is 11.8 Å². The second-order valence-corrected chi connectivity index (χ2v) is 6.59. The van der Waals surface area contributed by atoms with Gasteiger partial charge in [-0.1, -0.05) is 16.8 Å². The van der Waals surface area contributed by atoms with Gasteiger partial charge in [0, 0.05) is 16.8 Å². The summed E-state index contributed by atoms with van der Waals surface area (Å²) in [5.74, 6) is 0.722. The van der Waals surface area contributed by atoms with Crippen LogP contribution in [-0.4, -0.2) is 28.0 Å². The van der Waals surface area contributed by atoms with Crippen LogP contribution < -0.4 is 10.6 Å². The highest BCUT2D eigenvalue weighted by atomic mass is 35.5. The smallest absolute Gasteiger partial charge is 0.238 e. The number of amides is 2. The minimum absolute atomic E-state index is 0.162. The van der Waals surface area contributed by atoms with Crippen molar-refractivity contribution in [3.8, 4) is 0 Å². The standard InChI is InChI=1S/C15H16ClN3O3S/c1-9-7-13(19-22-9)18-15(21)10(2)23-8-14(20)17-12-5-3-11(16)4-6-12/h3-7,10H,8H2,1-2H3,(H,17,20)(H,18,19,21). The molecule has 1 atom stereocenters. The lowest BCUT2D eigenvalue weighted by molar-refractivity contribution is -0.115. The van der Waals surface area contributed by atoms with Crippen LogP contribution in [0.2, 0.25) is 5.02 Å². The number of aryl methyl sites for hydroxylation is 1. The summed E-state index contributed by atoms with van der Waals surface area (Å²) < 4.78 is 4.87. The maximum Gasteiger partial charge on any atom is 0.238 e. The molecule has 1 aromatic carbocycles. The Bertz CT molecular complexity index is 688. The van der Waals surface area contributed by atoms with E-state index < -0.39 is 5.25 Å². The van der Waals surface area contributed by atoms with E-state index in [0.717, 1.165) is 0 Å². The Morgan fingerprint density at radius 1 is 1.30 bits per heavy atom. The molecular weight excluding hydrogens is 338 g/mol. The van der Waals surface area contributed by atoms with Crippen LogP contribution in [0.25, 0.3) is 0 Å². The molecule has 1 unspecified atom stereocenters. The van der Waals surface area contributed by atoms with Crippen molar-refractivity contribution in [2.24, 2.45) is 0 Å². The zero-order valence-corrected chi connectivity index (χ0v) is 14.2. The van der Waals surface area contributed by atoms with E-state index in [4.69, 9.17) is 16.1 Å². The number of carbonyl (C=O) groups is 2. The molecule has 0 saturated heterocycles. The summed E-state index contributed by atoms with van der Waals surface area (Å²) in [4.78, 5) is 23.8. The maximum atomic E-state index is 12.0. The van der Waals surface area contributed by atoms with Gasteiger partial charge >= 0.3 is 0 Å². The van der Waals surface area contributed by atoms with Gasteiger partial charge < -0.3 is 15.2 Å². The highest BCUT2D eigenvalue weighted by molar-refractivity contribution is 8.01. The molecule has 2 rings (SSSR count). The first-order chi connectivity index (χ1) is 10.9. The predicted molar refractivity (Wildman–Crippen MR) is 91.9 cm³/mol. The number of rotatable bonds is 6. The van der Waals surface area contributed by atoms with Crippen molar-refractivity contribution in [2.45, 2.75) is 19.1 Å². The van der Waals surface area contributed by atoms with Gasteiger partial charge in [-0.3, -0.25) is 9.59 Å². The molecular formula is C15H16ClN3O3S. The molecule has 2 aromatic rings. The number of nitrogens with one attached hydrogen (secondary N) is 2. The number of aromatic nitrogens is 1. The lowest BCUT2D eigenvalue weighted by Gasteiger charge is -2.10. The van der Waals surface area contributed by atoms with Crippen molar-refractivity contribution in [1.29, 1.82) is 0 Å². The van der Waals surface area contributed by atoms with E-state index in [9.17, 15) is 9.59 Å². The van der Waals surface area contributed by atoms with Crippen LogP contribution in [0.1, 0.15) is 12.7 Å². The van der Waals surface area contributed by atoms with E-state index >= 15 is 0 Å². The SMILES string of the molecule is Cc1cc(NC(=O)C(C)SCC(=O)Nc2ccc(Cl)cc2)no1. The highest BCUT2D eigenvalue weighted by Gasteiger charge is 2.16. The summed E-state index contributed by atoms with van der Waals surface area (Å²) >= 11 is 7.01. The van der Waals surface area contributed by atoms with E-state index in [2.05, 4.69) is 15.8 Å². The lowest BCUT2D eigenvalue weighted by atomic mass is 10.3. The summed E-state index contributed by atoms with van der Waals surface area (Å²) in [6, 6.07) is 8.45. The summed E-state index contributed by atoms with van der Waals surface area (Å²) in [7, 11) is 0. The van der Waals surface area contributed by atoms with E-state index in [1.807, 2.05) is 0 Å². The van der Waals surface area contributed by atoms with Crippen LogP contribution in [0.5, 0.6) is 0 Å². The first-order valence-electron chi connectivity index (χ1n) is 6.85. The zero-order chi connectivity index (χ0) is 16.8. The summed E-state index contributed by atoms with van der Waals surface area (Å²) in [5.41, 5.74) is 0.662. The van der Waals surface area contributed by atoms with Crippen LogP contribution in [0.4, 0.5) is 11.5 Å². The topological polar surface area (TPSA) is 84.2 Å². The van der Waals surface area contributed by atoms with Gasteiger partial charge in [0.25, 0.3) is 0 Å². The molecule has 2 amide bonds. The molecule has 23 heavy (non-hydrogen) atoms. The zero-order valence-electron chi connectivity index (χ0n) is 12.6. The quantitative estimate of drug-likeness (QED) is 0.832. The van der Waals surface area contributed by atoms with Crippen LogP contribution in [0.3, 0.4) is 0 Å². The second kappa shape index (κ2) is 8.03. The van der Waals surface area contributed by atoms with E-state index in [0.29, 0.717) is 22.3 Å². The van der Waals surface area contributed by atoms with Gasteiger partial charge in [-0.15, -0.1) is 11.8 Å². The van der Waals surface area contributed by atoms with Gasteiger partial charge in [-0.05, 0) is 38.1 Å². The molecule has 8 heteroatoms. The fourth-order valence-corrected chi connectivity index (χ4v) is 2.47. The number of carbonyl (C=O) groups excluding carboxylic acids is 2. The molecule has 0 saturated carbocycles. The average molecular weight is 354 g/mol. The fraction of sp³-hybridized carbons (Fsp3) is 0.267. The number of anilines is 2. The Morgan fingerprint density at radius 2 is 2.00 bits per heavy atom. The van der Waals surface area contributed by atoms with Crippen molar-refractivity contribution in [2.75, 3.05) is 16.4 Å². The maximum absolute atomic E-state index is 12.0. The van der Waals surface area contributed by atoms with Crippen molar-refractivity contribution in [1.82, 2.24) is 5.16 Å². The van der Waals surface area contributed by atoms with Crippen molar-refractivity contribution < 1.29 is 14.1 Å². The normalized spacial score (nSPS) is 11.8. The molecule has 0 aliphatic heterocycles. The van der Waals surface area contributed by atoms with Crippen molar-refractivity contribution >= 4 is 46.7 Å². The number of hydrogen-bond acceptors (Lipinski definition) is 5. The van der Waals surface area contributed by atoms with Crippen molar-refractivity contribution in [3.63, 3.8) is 0 Å². The summed E-state index contributed by atoms with van der Waals surface area (Å²) in [6.07, 6.45) is 0. The van der Waals surface area contributed by atoms with Gasteiger partial charge in [0.2, 0.25) is 11.8 Å². The van der Waals surface area contributed by atoms with Crippen LogP contribution in [0.15, 0.2) is 34.9 Å². The molecule has 0 fully saturated rings. The fourth-order valence-electron chi connectivity index (χ4n) is 1.66. The molecule has 0 aliphatic carbocycles. The van der Waals surface area contributed by atoms with Gasteiger partial charge in [-0.25, -0.2) is 0 Å². The first kappa shape index (κ1) is 17.4. The number of nitrogens with zero attached hydrogens (tertiary/aromatic N) is 1. The van der Waals surface area contributed by atoms with Gasteiger partial charge in [-0.2, -0.15) is 0 Å². The Hall–Kier alpha value is -1.99. The second-order valence-electron chi connectivity index (χ2n) is 4.82. The predicted octanol–water partition coefficient (Wildman–Crippen LogP) is 3.34. The first-order valence-corrected chi connectivity index (χ1v) is 8.28. The molecule has 0 aliphatic rings. The largest absolute Gasteiger partial charge is 0.360 e. The van der Waals surface area contributed by atoms with E-state index in [-0.39, 0.29) is 17.6 Å². The van der Waals surface area contributed by atoms with Gasteiger partial charge in [0.05, 0.1) is 11.0 Å².